The number of aromatic nitrogens is 4. The lowest BCUT2D eigenvalue weighted by atomic mass is 9.97. The number of benzene rings is 1. The van der Waals surface area contributed by atoms with Gasteiger partial charge in [0.25, 0.3) is 0 Å². The second-order valence-corrected chi connectivity index (χ2v) is 9.73. The molecule has 33 heavy (non-hydrogen) atoms. The normalized spacial score (nSPS) is 17.0. The van der Waals surface area contributed by atoms with Crippen LogP contribution in [-0.2, 0) is 6.54 Å². The van der Waals surface area contributed by atoms with Crippen molar-refractivity contribution in [3.8, 4) is 11.1 Å². The number of likely N-dealkylation sites (tertiary alicyclic amines) is 1. The highest BCUT2D eigenvalue weighted by molar-refractivity contribution is 5.84. The molecule has 0 saturated carbocycles. The average molecular weight is 443 g/mol. The molecule has 2 N–H and O–H groups in total. The molecule has 1 fully saturated rings. The molecule has 6 nitrogen and oxygen atoms in total. The van der Waals surface area contributed by atoms with Gasteiger partial charge in [0.1, 0.15) is 5.82 Å². The van der Waals surface area contributed by atoms with Crippen LogP contribution in [0.25, 0.3) is 22.0 Å². The molecule has 4 heterocycles. The Labute approximate surface area is 196 Å². The maximum absolute atomic E-state index is 4.59. The molecule has 1 saturated heterocycles. The topological polar surface area (TPSA) is 61.8 Å². The van der Waals surface area contributed by atoms with Crippen LogP contribution in [0.5, 0.6) is 0 Å². The molecule has 0 spiro atoms. The Kier molecular flexibility index (Phi) is 5.94. The first kappa shape index (κ1) is 21.7. The molecular weight excluding hydrogens is 408 g/mol. The van der Waals surface area contributed by atoms with Crippen LogP contribution >= 0.6 is 0 Å². The van der Waals surface area contributed by atoms with E-state index in [1.165, 1.54) is 34.1 Å². The lowest BCUT2D eigenvalue weighted by Gasteiger charge is -2.20. The van der Waals surface area contributed by atoms with Crippen molar-refractivity contribution < 1.29 is 0 Å². The zero-order valence-electron chi connectivity index (χ0n) is 20.0. The molecule has 1 aromatic carbocycles. The fourth-order valence-corrected chi connectivity index (χ4v) is 5.06. The molecule has 0 amide bonds. The lowest BCUT2D eigenvalue weighted by molar-refractivity contribution is 0.272. The number of fused-ring (bicyclic) bond motifs is 1. The third-order valence-corrected chi connectivity index (χ3v) is 6.94. The number of nitrogens with zero attached hydrogens (tertiary/aromatic N) is 4. The van der Waals surface area contributed by atoms with Gasteiger partial charge in [-0.3, -0.25) is 5.10 Å². The van der Waals surface area contributed by atoms with Gasteiger partial charge in [-0.15, -0.1) is 0 Å². The third kappa shape index (κ3) is 4.27. The van der Waals surface area contributed by atoms with E-state index in [1.807, 2.05) is 12.4 Å². The second-order valence-electron chi connectivity index (χ2n) is 9.73. The molecule has 6 heteroatoms. The Balaban J connectivity index is 1.36. The quantitative estimate of drug-likeness (QED) is 0.379. The van der Waals surface area contributed by atoms with Gasteiger partial charge in [0.05, 0.1) is 6.20 Å². The Morgan fingerprint density at radius 1 is 1.12 bits per heavy atom. The Morgan fingerprint density at radius 2 is 1.97 bits per heavy atom. The SMILES string of the molecule is CC(C)N1CCC(c2[nH]ncc2-c2ccnc(NCc3cn(C(C)C)c4ccccc34)c2)C1. The van der Waals surface area contributed by atoms with E-state index in [4.69, 9.17) is 0 Å². The summed E-state index contributed by atoms with van der Waals surface area (Å²) in [6.07, 6.45) is 7.29. The molecule has 1 aliphatic heterocycles. The van der Waals surface area contributed by atoms with Crippen molar-refractivity contribution in [2.75, 3.05) is 18.4 Å². The summed E-state index contributed by atoms with van der Waals surface area (Å²) in [6, 6.07) is 13.9. The first-order valence-electron chi connectivity index (χ1n) is 12.1. The number of nitrogens with one attached hydrogen (secondary N) is 2. The highest BCUT2D eigenvalue weighted by atomic mass is 15.2. The van der Waals surface area contributed by atoms with E-state index in [2.05, 4.69) is 100 Å². The van der Waals surface area contributed by atoms with E-state index in [1.54, 1.807) is 0 Å². The molecule has 4 aromatic rings. The van der Waals surface area contributed by atoms with Gasteiger partial charge in [-0.05, 0) is 70.0 Å². The molecule has 1 aliphatic rings. The summed E-state index contributed by atoms with van der Waals surface area (Å²) >= 11 is 0. The Morgan fingerprint density at radius 3 is 2.76 bits per heavy atom. The van der Waals surface area contributed by atoms with Crippen molar-refractivity contribution in [1.29, 1.82) is 0 Å². The summed E-state index contributed by atoms with van der Waals surface area (Å²) < 4.78 is 2.34. The zero-order valence-corrected chi connectivity index (χ0v) is 20.0. The van der Waals surface area contributed by atoms with Crippen LogP contribution in [0.3, 0.4) is 0 Å². The van der Waals surface area contributed by atoms with Crippen LogP contribution in [0, 0.1) is 0 Å². The molecule has 1 atom stereocenters. The van der Waals surface area contributed by atoms with Crippen molar-refractivity contribution in [3.05, 3.63) is 66.2 Å². The highest BCUT2D eigenvalue weighted by Crippen LogP contribution is 2.34. The van der Waals surface area contributed by atoms with E-state index in [0.717, 1.165) is 31.0 Å². The van der Waals surface area contributed by atoms with Gasteiger partial charge < -0.3 is 14.8 Å². The van der Waals surface area contributed by atoms with E-state index in [9.17, 15) is 0 Å². The molecule has 0 radical (unpaired) electrons. The summed E-state index contributed by atoms with van der Waals surface area (Å²) in [5.41, 5.74) is 6.16. The fourth-order valence-electron chi connectivity index (χ4n) is 5.06. The second kappa shape index (κ2) is 9.02. The van der Waals surface area contributed by atoms with Gasteiger partial charge in [0, 0.05) is 65.6 Å². The van der Waals surface area contributed by atoms with E-state index in [-0.39, 0.29) is 0 Å². The van der Waals surface area contributed by atoms with E-state index in [0.29, 0.717) is 18.0 Å². The van der Waals surface area contributed by atoms with Crippen LogP contribution in [0.4, 0.5) is 5.82 Å². The zero-order chi connectivity index (χ0) is 22.9. The number of anilines is 1. The van der Waals surface area contributed by atoms with Gasteiger partial charge in [-0.1, -0.05) is 18.2 Å². The maximum atomic E-state index is 4.59. The first-order valence-corrected chi connectivity index (χ1v) is 12.1. The van der Waals surface area contributed by atoms with Crippen LogP contribution in [-0.4, -0.2) is 43.8 Å². The highest BCUT2D eigenvalue weighted by Gasteiger charge is 2.28. The summed E-state index contributed by atoms with van der Waals surface area (Å²) in [7, 11) is 0. The molecule has 3 aromatic heterocycles. The van der Waals surface area contributed by atoms with Crippen molar-refractivity contribution in [2.45, 2.75) is 58.7 Å². The number of aromatic amines is 1. The largest absolute Gasteiger partial charge is 0.366 e. The lowest BCUT2D eigenvalue weighted by Crippen LogP contribution is -2.28. The Hall–Kier alpha value is -3.12. The minimum Gasteiger partial charge on any atom is -0.366 e. The van der Waals surface area contributed by atoms with Gasteiger partial charge in [-0.2, -0.15) is 5.10 Å². The minimum atomic E-state index is 0.423. The minimum absolute atomic E-state index is 0.423. The average Bonchev–Trinajstić information content (AvgIpc) is 3.56. The molecule has 1 unspecified atom stereocenters. The summed E-state index contributed by atoms with van der Waals surface area (Å²) in [6.45, 7) is 12.0. The molecule has 172 valence electrons. The first-order chi connectivity index (χ1) is 16.0. The van der Waals surface area contributed by atoms with Crippen LogP contribution in [0.2, 0.25) is 0 Å². The summed E-state index contributed by atoms with van der Waals surface area (Å²) in [5, 5.41) is 12.5. The summed E-state index contributed by atoms with van der Waals surface area (Å²) in [5.74, 6) is 1.38. The van der Waals surface area contributed by atoms with E-state index < -0.39 is 0 Å². The van der Waals surface area contributed by atoms with Gasteiger partial charge in [-0.25, -0.2) is 4.98 Å². The number of H-pyrrole nitrogens is 1. The molecule has 0 aliphatic carbocycles. The number of pyridine rings is 1. The monoisotopic (exact) mass is 442 g/mol. The van der Waals surface area contributed by atoms with Gasteiger partial charge in [0.2, 0.25) is 0 Å². The van der Waals surface area contributed by atoms with Gasteiger partial charge in [0.15, 0.2) is 0 Å². The molecular formula is C27H34N6. The predicted molar refractivity (Wildman–Crippen MR) is 136 cm³/mol. The number of para-hydroxylation sites is 1. The van der Waals surface area contributed by atoms with Gasteiger partial charge >= 0.3 is 0 Å². The van der Waals surface area contributed by atoms with E-state index >= 15 is 0 Å². The smallest absolute Gasteiger partial charge is 0.126 e. The number of rotatable bonds is 7. The third-order valence-electron chi connectivity index (χ3n) is 6.94. The summed E-state index contributed by atoms with van der Waals surface area (Å²) in [4.78, 5) is 7.14. The molecule has 5 rings (SSSR count). The van der Waals surface area contributed by atoms with Crippen molar-refractivity contribution in [1.82, 2.24) is 24.6 Å². The predicted octanol–water partition coefficient (Wildman–Crippen LogP) is 5.82. The number of hydrogen-bond donors (Lipinski definition) is 2. The van der Waals surface area contributed by atoms with Crippen molar-refractivity contribution in [2.24, 2.45) is 0 Å². The van der Waals surface area contributed by atoms with Crippen molar-refractivity contribution >= 4 is 16.7 Å². The number of hydrogen-bond acceptors (Lipinski definition) is 4. The molecule has 0 bridgehead atoms. The fraction of sp³-hybridized carbons (Fsp3) is 0.407. The van der Waals surface area contributed by atoms with Crippen LogP contribution in [0.15, 0.2) is 55.0 Å². The Bertz CT molecular complexity index is 1230. The van der Waals surface area contributed by atoms with Crippen molar-refractivity contribution in [3.63, 3.8) is 0 Å². The standard InChI is InChI=1S/C27H34N6/c1-18(2)32-12-10-21(16-32)27-24(15-30-31-27)20-9-11-28-26(13-20)29-14-22-17-33(19(3)4)25-8-6-5-7-23(22)25/h5-9,11,13,15,17-19,21H,10,12,14,16H2,1-4H3,(H,28,29)(H,30,31). The van der Waals surface area contributed by atoms with Crippen LogP contribution < -0.4 is 5.32 Å². The van der Waals surface area contributed by atoms with Crippen LogP contribution in [0.1, 0.15) is 57.3 Å². The maximum Gasteiger partial charge on any atom is 0.126 e.